The Hall–Kier alpha value is -1.01. The summed E-state index contributed by atoms with van der Waals surface area (Å²) in [4.78, 5) is 11.6. The van der Waals surface area contributed by atoms with Crippen molar-refractivity contribution in [3.05, 3.63) is 34.4 Å². The molecule has 0 spiro atoms. The lowest BCUT2D eigenvalue weighted by atomic mass is 10.0. The summed E-state index contributed by atoms with van der Waals surface area (Å²) < 4.78 is 11.1. The second-order valence-corrected chi connectivity index (χ2v) is 4.98. The molecule has 82 valence electrons. The molecule has 1 rings (SSSR count). The van der Waals surface area contributed by atoms with Crippen LogP contribution in [0.5, 0.6) is 0 Å². The van der Waals surface area contributed by atoms with Crippen LogP contribution in [-0.4, -0.2) is 12.2 Å². The molecule has 1 aromatic rings. The zero-order valence-electron chi connectivity index (χ0n) is 8.92. The first-order chi connectivity index (χ1) is 6.43. The predicted octanol–water partition coefficient (Wildman–Crippen LogP) is 3.85. The van der Waals surface area contributed by atoms with Crippen LogP contribution in [0.1, 0.15) is 34.5 Å². The van der Waals surface area contributed by atoms with Gasteiger partial charge in [-0.05, 0) is 31.9 Å². The van der Waals surface area contributed by atoms with Gasteiger partial charge in [0.15, 0.2) is 0 Å². The third-order valence-corrected chi connectivity index (χ3v) is 2.97. The van der Waals surface area contributed by atoms with Crippen LogP contribution in [-0.2, 0) is 4.57 Å². The van der Waals surface area contributed by atoms with Gasteiger partial charge in [-0.2, -0.15) is 0 Å². The van der Waals surface area contributed by atoms with Crippen LogP contribution in [0.2, 0.25) is 0 Å². The molecule has 0 aliphatic rings. The lowest BCUT2D eigenvalue weighted by molar-refractivity contribution is 0.107. The second-order valence-electron chi connectivity index (χ2n) is 3.58. The SMILES string of the molecule is C.Cc1cc(C)c(C(=O)[P+](C)=O)c(C)c1. The second kappa shape index (κ2) is 5.18. The predicted molar refractivity (Wildman–Crippen MR) is 65.2 cm³/mol. The summed E-state index contributed by atoms with van der Waals surface area (Å²) in [7, 11) is -1.77. The highest BCUT2D eigenvalue weighted by Crippen LogP contribution is 2.27. The molecular weight excluding hydrogens is 207 g/mol. The standard InChI is InChI=1S/C11H14O2P.CH4/c1-7-5-8(2)10(9(3)6-7)11(12)14(4)13;/h5-6H,1-4H3;1H4/q+1;. The summed E-state index contributed by atoms with van der Waals surface area (Å²) in [5.74, 6) is 0. The van der Waals surface area contributed by atoms with Crippen molar-refractivity contribution in [1.82, 2.24) is 0 Å². The molecule has 1 unspecified atom stereocenters. The van der Waals surface area contributed by atoms with Gasteiger partial charge in [-0.15, -0.1) is 0 Å². The zero-order chi connectivity index (χ0) is 10.9. The number of hydrogen-bond donors (Lipinski definition) is 0. The van der Waals surface area contributed by atoms with Gasteiger partial charge in [0, 0.05) is 0 Å². The first-order valence-electron chi connectivity index (χ1n) is 4.46. The molecule has 0 saturated heterocycles. The smallest absolute Gasteiger partial charge is 0.234 e. The molecule has 0 N–H and O–H groups in total. The number of aryl methyl sites for hydroxylation is 3. The Morgan fingerprint density at radius 2 is 1.53 bits per heavy atom. The van der Waals surface area contributed by atoms with Gasteiger partial charge < -0.3 is 0 Å². The number of carbonyl (C=O) groups excluding carboxylic acids is 1. The van der Waals surface area contributed by atoms with Gasteiger partial charge >= 0.3 is 13.3 Å². The molecule has 0 saturated carbocycles. The molecule has 2 nitrogen and oxygen atoms in total. The van der Waals surface area contributed by atoms with Crippen LogP contribution in [0.15, 0.2) is 12.1 Å². The van der Waals surface area contributed by atoms with Gasteiger partial charge in [0.2, 0.25) is 0 Å². The fourth-order valence-corrected chi connectivity index (χ4v) is 2.34. The van der Waals surface area contributed by atoms with E-state index >= 15 is 0 Å². The fraction of sp³-hybridized carbons (Fsp3) is 0.417. The maximum absolute atomic E-state index is 11.6. The van der Waals surface area contributed by atoms with E-state index in [0.717, 1.165) is 16.7 Å². The number of hydrogen-bond acceptors (Lipinski definition) is 2. The Kier molecular flexibility index (Phi) is 4.83. The summed E-state index contributed by atoms with van der Waals surface area (Å²) in [6.07, 6.45) is 0. The Balaban J connectivity index is 0.00000196. The molecule has 1 atom stereocenters. The van der Waals surface area contributed by atoms with Gasteiger partial charge in [-0.1, -0.05) is 29.7 Å². The van der Waals surface area contributed by atoms with E-state index in [1.807, 2.05) is 32.9 Å². The topological polar surface area (TPSA) is 34.1 Å². The first kappa shape index (κ1) is 14.0. The van der Waals surface area contributed by atoms with E-state index in [1.54, 1.807) is 0 Å². The van der Waals surface area contributed by atoms with E-state index in [1.165, 1.54) is 6.66 Å². The third-order valence-electron chi connectivity index (χ3n) is 2.18. The van der Waals surface area contributed by atoms with Crippen LogP contribution in [0.4, 0.5) is 0 Å². The average Bonchev–Trinajstić information content (AvgIpc) is 2.01. The molecule has 0 bridgehead atoms. The van der Waals surface area contributed by atoms with Crippen molar-refractivity contribution in [2.45, 2.75) is 28.2 Å². The highest BCUT2D eigenvalue weighted by molar-refractivity contribution is 7.63. The van der Waals surface area contributed by atoms with E-state index in [4.69, 9.17) is 0 Å². The minimum Gasteiger partial charge on any atom is -0.234 e. The maximum Gasteiger partial charge on any atom is 0.416 e. The van der Waals surface area contributed by atoms with Crippen LogP contribution in [0, 0.1) is 20.8 Å². The maximum atomic E-state index is 11.6. The summed E-state index contributed by atoms with van der Waals surface area (Å²) in [6.45, 7) is 7.20. The average molecular weight is 225 g/mol. The van der Waals surface area contributed by atoms with E-state index in [0.29, 0.717) is 5.56 Å². The van der Waals surface area contributed by atoms with Gasteiger partial charge in [-0.3, -0.25) is 0 Å². The molecule has 0 radical (unpaired) electrons. The molecule has 15 heavy (non-hydrogen) atoms. The van der Waals surface area contributed by atoms with E-state index in [9.17, 15) is 9.36 Å². The molecule has 0 aromatic heterocycles. The van der Waals surface area contributed by atoms with Crippen LogP contribution in [0.25, 0.3) is 0 Å². The summed E-state index contributed by atoms with van der Waals surface area (Å²) in [5.41, 5.74) is 3.34. The first-order valence-corrected chi connectivity index (χ1v) is 6.17. The van der Waals surface area contributed by atoms with Crippen molar-refractivity contribution in [2.24, 2.45) is 0 Å². The fourth-order valence-electron chi connectivity index (χ4n) is 1.67. The highest BCUT2D eigenvalue weighted by Gasteiger charge is 2.26. The quantitative estimate of drug-likeness (QED) is 0.716. The van der Waals surface area contributed by atoms with Crippen molar-refractivity contribution >= 4 is 13.3 Å². The largest absolute Gasteiger partial charge is 0.416 e. The van der Waals surface area contributed by atoms with E-state index < -0.39 is 7.80 Å². The Morgan fingerprint density at radius 3 is 1.87 bits per heavy atom. The Bertz CT molecular complexity index is 385. The molecule has 3 heteroatoms. The Labute approximate surface area is 92.5 Å². The van der Waals surface area contributed by atoms with Crippen molar-refractivity contribution in [1.29, 1.82) is 0 Å². The lowest BCUT2D eigenvalue weighted by Gasteiger charge is -2.04. The normalized spacial score (nSPS) is 10.5. The van der Waals surface area contributed by atoms with Gasteiger partial charge in [0.1, 0.15) is 6.66 Å². The van der Waals surface area contributed by atoms with Crippen LogP contribution >= 0.6 is 7.80 Å². The summed E-state index contributed by atoms with van der Waals surface area (Å²) in [5, 5.41) is 0. The highest BCUT2D eigenvalue weighted by atomic mass is 31.1. The number of rotatable bonds is 2. The molecule has 0 aliphatic heterocycles. The minimum atomic E-state index is -1.77. The summed E-state index contributed by atoms with van der Waals surface area (Å²) >= 11 is 0. The molecule has 0 aliphatic carbocycles. The van der Waals surface area contributed by atoms with Crippen molar-refractivity contribution < 1.29 is 9.36 Å². The number of carbonyl (C=O) groups is 1. The van der Waals surface area contributed by atoms with E-state index in [2.05, 4.69) is 0 Å². The molecule has 1 aromatic carbocycles. The minimum absolute atomic E-state index is 0. The lowest BCUT2D eigenvalue weighted by Crippen LogP contribution is -2.00. The third kappa shape index (κ3) is 2.97. The van der Waals surface area contributed by atoms with Gasteiger partial charge in [0.05, 0.1) is 5.56 Å². The molecule has 0 fully saturated rings. The molecule has 0 amide bonds. The zero-order valence-corrected chi connectivity index (χ0v) is 9.81. The monoisotopic (exact) mass is 225 g/mol. The molecule has 0 heterocycles. The van der Waals surface area contributed by atoms with Crippen molar-refractivity contribution in [2.75, 3.05) is 6.66 Å². The van der Waals surface area contributed by atoms with Gasteiger partial charge in [-0.25, -0.2) is 4.79 Å². The number of benzene rings is 1. The van der Waals surface area contributed by atoms with Crippen molar-refractivity contribution in [3.8, 4) is 0 Å². The van der Waals surface area contributed by atoms with Crippen molar-refractivity contribution in [3.63, 3.8) is 0 Å². The van der Waals surface area contributed by atoms with Gasteiger partial charge in [0.25, 0.3) is 0 Å². The van der Waals surface area contributed by atoms with E-state index in [-0.39, 0.29) is 13.0 Å². The van der Waals surface area contributed by atoms with Crippen LogP contribution < -0.4 is 0 Å². The molecular formula is C12H18O2P+. The summed E-state index contributed by atoms with van der Waals surface area (Å²) in [6, 6.07) is 3.89. The Morgan fingerprint density at radius 1 is 1.13 bits per heavy atom. The van der Waals surface area contributed by atoms with Crippen LogP contribution in [0.3, 0.4) is 0 Å².